The van der Waals surface area contributed by atoms with Crippen molar-refractivity contribution in [2.45, 2.75) is 50.7 Å². The molecule has 3 nitrogen and oxygen atoms in total. The normalized spacial score (nSPS) is 23.2. The van der Waals surface area contributed by atoms with E-state index in [0.717, 1.165) is 31.5 Å². The maximum absolute atomic E-state index is 10.4. The van der Waals surface area contributed by atoms with Crippen molar-refractivity contribution in [2.75, 3.05) is 18.0 Å². The molecule has 3 heteroatoms. The maximum Gasteiger partial charge on any atom is 0.0760 e. The Morgan fingerprint density at radius 1 is 1.00 bits per heavy atom. The third-order valence-corrected chi connectivity index (χ3v) is 5.00. The molecule has 0 bridgehead atoms. The van der Waals surface area contributed by atoms with Gasteiger partial charge in [0.05, 0.1) is 12.1 Å². The molecule has 1 aromatic rings. The summed E-state index contributed by atoms with van der Waals surface area (Å²) < 4.78 is 0. The Balaban J connectivity index is 1.66. The number of nitrogens with two attached hydrogens (primary N) is 1. The van der Waals surface area contributed by atoms with Crippen LogP contribution in [0.5, 0.6) is 0 Å². The van der Waals surface area contributed by atoms with Crippen molar-refractivity contribution in [3.8, 4) is 0 Å². The molecular weight excluding hydrogens is 248 g/mol. The molecule has 3 rings (SSSR count). The van der Waals surface area contributed by atoms with Gasteiger partial charge in [-0.05, 0) is 49.3 Å². The Hall–Kier alpha value is -1.06. The van der Waals surface area contributed by atoms with Gasteiger partial charge in [0.25, 0.3) is 0 Å². The third kappa shape index (κ3) is 2.84. The summed E-state index contributed by atoms with van der Waals surface area (Å²) in [5.74, 6) is 0.392. The van der Waals surface area contributed by atoms with E-state index in [1.54, 1.807) is 0 Å². The molecule has 0 amide bonds. The van der Waals surface area contributed by atoms with E-state index in [-0.39, 0.29) is 6.04 Å². The number of hydrogen-bond acceptors (Lipinski definition) is 3. The molecule has 0 aromatic heterocycles. The molecule has 1 aliphatic heterocycles. The molecule has 20 heavy (non-hydrogen) atoms. The molecule has 1 saturated carbocycles. The average Bonchev–Trinajstić information content (AvgIpc) is 3.18. The quantitative estimate of drug-likeness (QED) is 0.887. The first-order valence-corrected chi connectivity index (χ1v) is 8.04. The smallest absolute Gasteiger partial charge is 0.0760 e. The molecule has 3 N–H and O–H groups in total. The first-order valence-electron chi connectivity index (χ1n) is 8.04. The highest BCUT2D eigenvalue weighted by molar-refractivity contribution is 5.48. The van der Waals surface area contributed by atoms with Crippen LogP contribution in [0.4, 0.5) is 5.69 Å². The highest BCUT2D eigenvalue weighted by atomic mass is 16.3. The van der Waals surface area contributed by atoms with Crippen molar-refractivity contribution < 1.29 is 5.11 Å². The van der Waals surface area contributed by atoms with Crippen LogP contribution in [0.2, 0.25) is 0 Å². The van der Waals surface area contributed by atoms with Crippen LogP contribution in [0.25, 0.3) is 0 Å². The highest BCUT2D eigenvalue weighted by Crippen LogP contribution is 2.33. The molecule has 2 fully saturated rings. The van der Waals surface area contributed by atoms with Crippen LogP contribution in [0, 0.1) is 5.92 Å². The topological polar surface area (TPSA) is 49.5 Å². The van der Waals surface area contributed by atoms with Gasteiger partial charge in [-0.15, -0.1) is 0 Å². The molecule has 0 radical (unpaired) electrons. The van der Waals surface area contributed by atoms with Crippen molar-refractivity contribution in [1.29, 1.82) is 0 Å². The lowest BCUT2D eigenvalue weighted by Crippen LogP contribution is -2.32. The van der Waals surface area contributed by atoms with Crippen LogP contribution in [-0.2, 0) is 0 Å². The molecule has 2 aliphatic rings. The van der Waals surface area contributed by atoms with Gasteiger partial charge < -0.3 is 15.7 Å². The van der Waals surface area contributed by atoms with E-state index >= 15 is 0 Å². The largest absolute Gasteiger partial charge is 0.391 e. The Bertz CT molecular complexity index is 419. The molecule has 0 unspecified atom stereocenters. The van der Waals surface area contributed by atoms with E-state index in [1.807, 2.05) is 0 Å². The monoisotopic (exact) mass is 274 g/mol. The zero-order chi connectivity index (χ0) is 13.9. The highest BCUT2D eigenvalue weighted by Gasteiger charge is 2.28. The fourth-order valence-corrected chi connectivity index (χ4v) is 3.67. The molecular formula is C17H26N2O. The first kappa shape index (κ1) is 13.9. The van der Waals surface area contributed by atoms with Crippen LogP contribution in [0.3, 0.4) is 0 Å². The third-order valence-electron chi connectivity index (χ3n) is 5.00. The van der Waals surface area contributed by atoms with Crippen LogP contribution >= 0.6 is 0 Å². The number of aliphatic hydroxyl groups excluding tert-OH is 1. The van der Waals surface area contributed by atoms with Crippen molar-refractivity contribution in [3.05, 3.63) is 29.8 Å². The van der Waals surface area contributed by atoms with Gasteiger partial charge in [0, 0.05) is 18.8 Å². The summed E-state index contributed by atoms with van der Waals surface area (Å²) >= 11 is 0. The zero-order valence-electron chi connectivity index (χ0n) is 12.2. The summed E-state index contributed by atoms with van der Waals surface area (Å²) in [5, 5.41) is 10.4. The standard InChI is InChI=1S/C17H26N2O/c18-16(17(20)14-5-1-2-6-14)13-7-9-15(10-8-13)19-11-3-4-12-19/h7-10,14,16-17,20H,1-6,11-12,18H2/t16-,17+/m1/s1. The SMILES string of the molecule is N[C@H](c1ccc(N2CCCC2)cc1)[C@@H](O)C1CCCC1. The van der Waals surface area contributed by atoms with Crippen molar-refractivity contribution in [2.24, 2.45) is 11.7 Å². The summed E-state index contributed by atoms with van der Waals surface area (Å²) in [4.78, 5) is 2.42. The van der Waals surface area contributed by atoms with Crippen molar-refractivity contribution in [1.82, 2.24) is 0 Å². The number of hydrogen-bond donors (Lipinski definition) is 2. The van der Waals surface area contributed by atoms with E-state index in [2.05, 4.69) is 29.2 Å². The van der Waals surface area contributed by atoms with Gasteiger partial charge in [0.2, 0.25) is 0 Å². The maximum atomic E-state index is 10.4. The molecule has 1 aliphatic carbocycles. The lowest BCUT2D eigenvalue weighted by atomic mass is 9.91. The Kier molecular flexibility index (Phi) is 4.27. The molecule has 0 spiro atoms. The summed E-state index contributed by atoms with van der Waals surface area (Å²) in [7, 11) is 0. The van der Waals surface area contributed by atoms with Gasteiger partial charge in [-0.3, -0.25) is 0 Å². The zero-order valence-corrected chi connectivity index (χ0v) is 12.2. The van der Waals surface area contributed by atoms with Gasteiger partial charge in [-0.25, -0.2) is 0 Å². The Morgan fingerprint density at radius 2 is 1.60 bits per heavy atom. The number of rotatable bonds is 4. The minimum Gasteiger partial charge on any atom is -0.391 e. The second-order valence-electron chi connectivity index (χ2n) is 6.35. The van der Waals surface area contributed by atoms with Gasteiger partial charge >= 0.3 is 0 Å². The lowest BCUT2D eigenvalue weighted by molar-refractivity contribution is 0.0845. The first-order chi connectivity index (χ1) is 9.75. The van der Waals surface area contributed by atoms with E-state index in [0.29, 0.717) is 5.92 Å². The molecule has 1 aromatic carbocycles. The van der Waals surface area contributed by atoms with Crippen LogP contribution in [0.1, 0.15) is 50.1 Å². The second-order valence-corrected chi connectivity index (χ2v) is 6.35. The van der Waals surface area contributed by atoms with Crippen LogP contribution in [0.15, 0.2) is 24.3 Å². The number of benzene rings is 1. The minimum atomic E-state index is -0.393. The molecule has 1 heterocycles. The van der Waals surface area contributed by atoms with Crippen molar-refractivity contribution in [3.63, 3.8) is 0 Å². The predicted molar refractivity (Wildman–Crippen MR) is 82.8 cm³/mol. The Morgan fingerprint density at radius 3 is 2.20 bits per heavy atom. The molecule has 110 valence electrons. The summed E-state index contributed by atoms with van der Waals surface area (Å²) in [6.07, 6.45) is 6.92. The van der Waals surface area contributed by atoms with Gasteiger partial charge in [-0.2, -0.15) is 0 Å². The minimum absolute atomic E-state index is 0.245. The fraction of sp³-hybridized carbons (Fsp3) is 0.647. The average molecular weight is 274 g/mol. The lowest BCUT2D eigenvalue weighted by Gasteiger charge is -2.25. The number of nitrogens with zero attached hydrogens (tertiary/aromatic N) is 1. The number of aliphatic hydroxyl groups is 1. The van der Waals surface area contributed by atoms with E-state index in [4.69, 9.17) is 5.73 Å². The Labute approximate surface area is 121 Å². The van der Waals surface area contributed by atoms with Gasteiger partial charge in [0.15, 0.2) is 0 Å². The number of anilines is 1. The summed E-state index contributed by atoms with van der Waals surface area (Å²) in [6.45, 7) is 2.33. The predicted octanol–water partition coefficient (Wildman–Crippen LogP) is 2.84. The summed E-state index contributed by atoms with van der Waals surface area (Å²) in [5.41, 5.74) is 8.61. The van der Waals surface area contributed by atoms with Crippen LogP contribution < -0.4 is 10.6 Å². The second kappa shape index (κ2) is 6.15. The van der Waals surface area contributed by atoms with Gasteiger partial charge in [0.1, 0.15) is 0 Å². The van der Waals surface area contributed by atoms with Crippen molar-refractivity contribution >= 4 is 5.69 Å². The molecule has 1 saturated heterocycles. The van der Waals surface area contributed by atoms with E-state index in [1.165, 1.54) is 31.4 Å². The van der Waals surface area contributed by atoms with Crippen LogP contribution in [-0.4, -0.2) is 24.3 Å². The van der Waals surface area contributed by atoms with E-state index < -0.39 is 6.10 Å². The van der Waals surface area contributed by atoms with Gasteiger partial charge in [-0.1, -0.05) is 25.0 Å². The summed E-state index contributed by atoms with van der Waals surface area (Å²) in [6, 6.07) is 8.25. The fourth-order valence-electron chi connectivity index (χ4n) is 3.67. The molecule has 2 atom stereocenters. The van der Waals surface area contributed by atoms with E-state index in [9.17, 15) is 5.11 Å².